The van der Waals surface area contributed by atoms with Crippen molar-refractivity contribution in [3.63, 3.8) is 0 Å². The van der Waals surface area contributed by atoms with Gasteiger partial charge in [0, 0.05) is 12.7 Å². The first-order valence-corrected chi connectivity index (χ1v) is 9.63. The first-order chi connectivity index (χ1) is 13.5. The van der Waals surface area contributed by atoms with Gasteiger partial charge in [-0.15, -0.1) is 10.2 Å². The molecule has 146 valence electrons. The SMILES string of the molecule is Cc1cccc(NC(=O)CNC(=O)CSc2nnc(-c3ccco3)n2C)c1C. The number of furan rings is 1. The predicted octanol–water partition coefficient (Wildman–Crippen LogP) is 2.54. The topological polar surface area (TPSA) is 102 Å². The first-order valence-electron chi connectivity index (χ1n) is 8.64. The Morgan fingerprint density at radius 1 is 1.14 bits per heavy atom. The van der Waals surface area contributed by atoms with Crippen LogP contribution in [0.1, 0.15) is 11.1 Å². The van der Waals surface area contributed by atoms with Crippen LogP contribution in [-0.4, -0.2) is 38.9 Å². The lowest BCUT2D eigenvalue weighted by atomic mass is 10.1. The van der Waals surface area contributed by atoms with E-state index in [0.717, 1.165) is 16.8 Å². The van der Waals surface area contributed by atoms with Crippen LogP contribution in [0.3, 0.4) is 0 Å². The number of anilines is 1. The summed E-state index contributed by atoms with van der Waals surface area (Å²) >= 11 is 1.24. The second-order valence-corrected chi connectivity index (χ2v) is 7.15. The van der Waals surface area contributed by atoms with Crippen LogP contribution < -0.4 is 10.6 Å². The van der Waals surface area contributed by atoms with Crippen molar-refractivity contribution in [2.45, 2.75) is 19.0 Å². The van der Waals surface area contributed by atoms with Gasteiger partial charge in [-0.1, -0.05) is 23.9 Å². The van der Waals surface area contributed by atoms with Crippen molar-refractivity contribution >= 4 is 29.3 Å². The molecular weight excluding hydrogens is 378 g/mol. The highest BCUT2D eigenvalue weighted by Crippen LogP contribution is 2.22. The zero-order valence-corrected chi connectivity index (χ0v) is 16.7. The van der Waals surface area contributed by atoms with E-state index >= 15 is 0 Å². The second-order valence-electron chi connectivity index (χ2n) is 6.20. The number of carbonyl (C=O) groups excluding carboxylic acids is 2. The Bertz CT molecular complexity index is 982. The van der Waals surface area contributed by atoms with E-state index in [1.807, 2.05) is 32.0 Å². The molecule has 0 aliphatic rings. The number of aryl methyl sites for hydroxylation is 1. The van der Waals surface area contributed by atoms with E-state index in [1.165, 1.54) is 11.8 Å². The van der Waals surface area contributed by atoms with Crippen LogP contribution in [0.4, 0.5) is 5.69 Å². The highest BCUT2D eigenvalue weighted by atomic mass is 32.2. The lowest BCUT2D eigenvalue weighted by Gasteiger charge is -2.11. The number of nitrogens with zero attached hydrogens (tertiary/aromatic N) is 3. The molecule has 2 N–H and O–H groups in total. The van der Waals surface area contributed by atoms with Crippen LogP contribution in [0.15, 0.2) is 46.2 Å². The molecule has 0 aliphatic carbocycles. The summed E-state index contributed by atoms with van der Waals surface area (Å²) in [5, 5.41) is 14.2. The summed E-state index contributed by atoms with van der Waals surface area (Å²) in [4.78, 5) is 24.1. The number of hydrogen-bond donors (Lipinski definition) is 2. The Kier molecular flexibility index (Phi) is 6.15. The maximum Gasteiger partial charge on any atom is 0.243 e. The summed E-state index contributed by atoms with van der Waals surface area (Å²) in [6, 6.07) is 9.26. The fourth-order valence-corrected chi connectivity index (χ4v) is 3.24. The Morgan fingerprint density at radius 2 is 1.96 bits per heavy atom. The quantitative estimate of drug-likeness (QED) is 0.592. The van der Waals surface area contributed by atoms with Gasteiger partial charge in [0.1, 0.15) is 0 Å². The molecule has 0 spiro atoms. The number of amides is 2. The third-order valence-electron chi connectivity index (χ3n) is 4.23. The van der Waals surface area contributed by atoms with E-state index in [2.05, 4.69) is 20.8 Å². The molecule has 0 radical (unpaired) electrons. The zero-order chi connectivity index (χ0) is 20.1. The van der Waals surface area contributed by atoms with Crippen LogP contribution in [0, 0.1) is 13.8 Å². The van der Waals surface area contributed by atoms with Crippen LogP contribution in [0.5, 0.6) is 0 Å². The number of hydrogen-bond acceptors (Lipinski definition) is 6. The van der Waals surface area contributed by atoms with Crippen molar-refractivity contribution < 1.29 is 14.0 Å². The monoisotopic (exact) mass is 399 g/mol. The molecular formula is C19H21N5O3S. The van der Waals surface area contributed by atoms with Crippen molar-refractivity contribution in [2.75, 3.05) is 17.6 Å². The Morgan fingerprint density at radius 3 is 2.71 bits per heavy atom. The van der Waals surface area contributed by atoms with Gasteiger partial charge < -0.3 is 19.6 Å². The van der Waals surface area contributed by atoms with Crippen LogP contribution in [-0.2, 0) is 16.6 Å². The predicted molar refractivity (Wildman–Crippen MR) is 107 cm³/mol. The molecule has 8 nitrogen and oxygen atoms in total. The van der Waals surface area contributed by atoms with Crippen LogP contribution >= 0.6 is 11.8 Å². The molecule has 0 aliphatic heterocycles. The van der Waals surface area contributed by atoms with Gasteiger partial charge in [-0.25, -0.2) is 0 Å². The third kappa shape index (κ3) is 4.61. The molecule has 0 unspecified atom stereocenters. The number of rotatable bonds is 7. The Hall–Kier alpha value is -3.07. The van der Waals surface area contributed by atoms with Crippen molar-refractivity contribution in [3.8, 4) is 11.6 Å². The Balaban J connectivity index is 1.47. The van der Waals surface area contributed by atoms with Crippen LogP contribution in [0.25, 0.3) is 11.6 Å². The minimum atomic E-state index is -0.272. The van der Waals surface area contributed by atoms with Crippen molar-refractivity contribution in [1.82, 2.24) is 20.1 Å². The lowest BCUT2D eigenvalue weighted by Crippen LogP contribution is -2.34. The molecule has 0 fully saturated rings. The molecule has 2 heterocycles. The normalized spacial score (nSPS) is 10.7. The van der Waals surface area contributed by atoms with E-state index in [9.17, 15) is 9.59 Å². The van der Waals surface area contributed by atoms with Crippen molar-refractivity contribution in [1.29, 1.82) is 0 Å². The zero-order valence-electron chi connectivity index (χ0n) is 15.9. The fraction of sp³-hybridized carbons (Fsp3) is 0.263. The molecule has 0 saturated carbocycles. The Labute approximate surface area is 166 Å². The smallest absolute Gasteiger partial charge is 0.243 e. The van der Waals surface area contributed by atoms with Gasteiger partial charge >= 0.3 is 0 Å². The van der Waals surface area contributed by atoms with Crippen LogP contribution in [0.2, 0.25) is 0 Å². The van der Waals surface area contributed by atoms with Gasteiger partial charge in [-0.2, -0.15) is 0 Å². The number of aromatic nitrogens is 3. The van der Waals surface area contributed by atoms with Crippen molar-refractivity contribution in [3.05, 3.63) is 47.7 Å². The summed E-state index contributed by atoms with van der Waals surface area (Å²) in [7, 11) is 1.80. The molecule has 2 amide bonds. The molecule has 0 bridgehead atoms. The number of thioether (sulfide) groups is 1. The molecule has 0 saturated heterocycles. The van der Waals surface area contributed by atoms with E-state index in [4.69, 9.17) is 4.42 Å². The summed E-state index contributed by atoms with van der Waals surface area (Å²) in [5.41, 5.74) is 2.85. The summed E-state index contributed by atoms with van der Waals surface area (Å²) in [6.07, 6.45) is 1.56. The van der Waals surface area contributed by atoms with E-state index in [0.29, 0.717) is 16.7 Å². The fourth-order valence-electron chi connectivity index (χ4n) is 2.50. The minimum Gasteiger partial charge on any atom is -0.461 e. The largest absolute Gasteiger partial charge is 0.461 e. The van der Waals surface area contributed by atoms with Gasteiger partial charge in [-0.3, -0.25) is 9.59 Å². The maximum atomic E-state index is 12.1. The van der Waals surface area contributed by atoms with Gasteiger partial charge in [0.25, 0.3) is 0 Å². The number of carbonyl (C=O) groups is 2. The standard InChI is InChI=1S/C19H21N5O3S/c1-12-6-4-7-14(13(12)2)21-16(25)10-20-17(26)11-28-19-23-22-18(24(19)3)15-8-5-9-27-15/h4-9H,10-11H2,1-3H3,(H,20,26)(H,21,25). The average Bonchev–Trinajstić information content (AvgIpc) is 3.32. The molecule has 28 heavy (non-hydrogen) atoms. The molecule has 1 aromatic carbocycles. The summed E-state index contributed by atoms with van der Waals surface area (Å²) < 4.78 is 7.07. The number of nitrogens with one attached hydrogen (secondary N) is 2. The average molecular weight is 399 g/mol. The van der Waals surface area contributed by atoms with Gasteiger partial charge in [0.05, 0.1) is 18.6 Å². The maximum absolute atomic E-state index is 12.1. The number of benzene rings is 1. The minimum absolute atomic E-state index is 0.0940. The van der Waals surface area contributed by atoms with Gasteiger partial charge in [0.15, 0.2) is 16.7 Å². The summed E-state index contributed by atoms with van der Waals surface area (Å²) in [6.45, 7) is 3.83. The van der Waals surface area contributed by atoms with Gasteiger partial charge in [0.2, 0.25) is 11.8 Å². The van der Waals surface area contributed by atoms with Crippen molar-refractivity contribution in [2.24, 2.45) is 7.05 Å². The third-order valence-corrected chi connectivity index (χ3v) is 5.25. The molecule has 9 heteroatoms. The van der Waals surface area contributed by atoms with E-state index < -0.39 is 0 Å². The second kappa shape index (κ2) is 8.75. The molecule has 2 aromatic heterocycles. The lowest BCUT2D eigenvalue weighted by molar-refractivity contribution is -0.122. The first kappa shape index (κ1) is 19.7. The van der Waals surface area contributed by atoms with Gasteiger partial charge in [-0.05, 0) is 43.2 Å². The molecule has 3 rings (SSSR count). The van der Waals surface area contributed by atoms with E-state index in [-0.39, 0.29) is 24.1 Å². The van der Waals surface area contributed by atoms with E-state index in [1.54, 1.807) is 30.0 Å². The molecule has 3 aromatic rings. The molecule has 0 atom stereocenters. The highest BCUT2D eigenvalue weighted by Gasteiger charge is 2.15. The summed E-state index contributed by atoms with van der Waals surface area (Å²) in [5.74, 6) is 0.783. The highest BCUT2D eigenvalue weighted by molar-refractivity contribution is 7.99.